The van der Waals surface area contributed by atoms with Gasteiger partial charge in [-0.1, -0.05) is 130 Å². The van der Waals surface area contributed by atoms with Crippen LogP contribution >= 0.6 is 0 Å². The van der Waals surface area contributed by atoms with E-state index in [9.17, 15) is 14.4 Å². The highest BCUT2D eigenvalue weighted by Crippen LogP contribution is 2.26. The molecule has 0 saturated carbocycles. The molecule has 0 spiro atoms. The molecular weight excluding hydrogens is 666 g/mol. The first-order valence-electron chi connectivity index (χ1n) is 19.0. The van der Waals surface area contributed by atoms with Crippen LogP contribution in [0.15, 0.2) is 84.9 Å². The van der Waals surface area contributed by atoms with Gasteiger partial charge in [0, 0.05) is 19.4 Å². The van der Waals surface area contributed by atoms with Crippen molar-refractivity contribution >= 4 is 23.9 Å². The number of rotatable bonds is 18. The van der Waals surface area contributed by atoms with E-state index in [1.54, 1.807) is 46.4 Å². The van der Waals surface area contributed by atoms with E-state index in [1.807, 2.05) is 91.9 Å². The van der Waals surface area contributed by atoms with E-state index in [1.165, 1.54) is 0 Å². The summed E-state index contributed by atoms with van der Waals surface area (Å²) in [6.45, 7) is 15.0. The fourth-order valence-electron chi connectivity index (χ4n) is 6.11. The summed E-state index contributed by atoms with van der Waals surface area (Å²) in [5, 5.41) is 5.84. The number of nitrogens with zero attached hydrogens (tertiary/aromatic N) is 1. The van der Waals surface area contributed by atoms with Crippen molar-refractivity contribution in [2.45, 2.75) is 136 Å². The van der Waals surface area contributed by atoms with E-state index < -0.39 is 53.2 Å². The van der Waals surface area contributed by atoms with E-state index in [2.05, 4.69) is 17.6 Å². The third-order valence-electron chi connectivity index (χ3n) is 8.52. The van der Waals surface area contributed by atoms with Gasteiger partial charge < -0.3 is 25.0 Å². The minimum Gasteiger partial charge on any atom is -0.458 e. The molecule has 0 fully saturated rings. The summed E-state index contributed by atoms with van der Waals surface area (Å²) in [7, 11) is 0. The fourth-order valence-corrected chi connectivity index (χ4v) is 6.11. The van der Waals surface area contributed by atoms with Gasteiger partial charge in [0.2, 0.25) is 11.8 Å². The molecule has 288 valence electrons. The highest BCUT2D eigenvalue weighted by Gasteiger charge is 2.38. The first kappa shape index (κ1) is 42.8. The monoisotopic (exact) mass is 727 g/mol. The van der Waals surface area contributed by atoms with Crippen LogP contribution in [-0.4, -0.2) is 58.6 Å². The van der Waals surface area contributed by atoms with Crippen LogP contribution in [0.5, 0.6) is 0 Å². The van der Waals surface area contributed by atoms with Crippen LogP contribution in [0.25, 0.3) is 0 Å². The maximum absolute atomic E-state index is 15.0. The van der Waals surface area contributed by atoms with Gasteiger partial charge in [-0.3, -0.25) is 9.59 Å². The highest BCUT2D eigenvalue weighted by atomic mass is 16.6. The molecular formula is C44H61N3O6. The molecule has 0 heterocycles. The normalized spacial score (nSPS) is 13.3. The van der Waals surface area contributed by atoms with Gasteiger partial charge in [-0.05, 0) is 71.6 Å². The molecule has 2 N–H and O–H groups in total. The van der Waals surface area contributed by atoms with Crippen molar-refractivity contribution in [1.29, 1.82) is 0 Å². The molecule has 3 amide bonds. The van der Waals surface area contributed by atoms with E-state index in [4.69, 9.17) is 9.47 Å². The number of amides is 3. The van der Waals surface area contributed by atoms with Gasteiger partial charge in [-0.25, -0.2) is 9.59 Å². The lowest BCUT2D eigenvalue weighted by Gasteiger charge is -2.35. The average molecular weight is 728 g/mol. The Hall–Kier alpha value is -4.66. The summed E-state index contributed by atoms with van der Waals surface area (Å²) >= 11 is 0. The standard InChI is InChI=1S/C44H61N3O6/c1-9-10-11-12-13-20-28-47(40(49)36(30-33-23-16-14-17-24-33)46-42(51)53-44(6,7)8)38(35-27-21-22-32(2)29-35)39(48)45-37(41(50)52-43(3,4)5)31-34-25-18-15-19-26-34/h14-19,21-27,29,36-38H,9-13,20,28,30-31H2,1-8H3,(H,45,48)(H,46,51). The van der Waals surface area contributed by atoms with Crippen LogP contribution in [-0.2, 0) is 36.7 Å². The summed E-state index contributed by atoms with van der Waals surface area (Å²) in [4.78, 5) is 58.3. The largest absolute Gasteiger partial charge is 0.458 e. The van der Waals surface area contributed by atoms with Crippen LogP contribution in [0.4, 0.5) is 4.79 Å². The molecule has 0 aliphatic carbocycles. The Morgan fingerprint density at radius 3 is 1.75 bits per heavy atom. The summed E-state index contributed by atoms with van der Waals surface area (Å²) in [5.41, 5.74) is 1.62. The molecule has 3 rings (SSSR count). The molecule has 9 heteroatoms. The molecule has 0 radical (unpaired) electrons. The van der Waals surface area contributed by atoms with Gasteiger partial charge in [0.1, 0.15) is 29.3 Å². The minimum absolute atomic E-state index is 0.183. The van der Waals surface area contributed by atoms with E-state index in [0.717, 1.165) is 48.8 Å². The number of hydrogen-bond acceptors (Lipinski definition) is 6. The number of carbonyl (C=O) groups excluding carboxylic acids is 4. The van der Waals surface area contributed by atoms with Crippen molar-refractivity contribution in [3.05, 3.63) is 107 Å². The van der Waals surface area contributed by atoms with Crippen LogP contribution in [0.2, 0.25) is 0 Å². The van der Waals surface area contributed by atoms with Gasteiger partial charge in [0.25, 0.3) is 0 Å². The zero-order chi connectivity index (χ0) is 39.0. The molecule has 0 bridgehead atoms. The Bertz CT molecular complexity index is 1600. The Balaban J connectivity index is 2.11. The third kappa shape index (κ3) is 15.5. The third-order valence-corrected chi connectivity index (χ3v) is 8.52. The predicted octanol–water partition coefficient (Wildman–Crippen LogP) is 8.43. The number of carbonyl (C=O) groups is 4. The highest BCUT2D eigenvalue weighted by molar-refractivity contribution is 5.94. The first-order chi connectivity index (χ1) is 25.1. The SMILES string of the molecule is CCCCCCCCN(C(=O)C(Cc1ccccc1)NC(=O)OC(C)(C)C)C(C(=O)NC(Cc1ccccc1)C(=O)OC(C)(C)C)c1cccc(C)c1. The molecule has 0 saturated heterocycles. The number of hydrogen-bond donors (Lipinski definition) is 2. The first-order valence-corrected chi connectivity index (χ1v) is 19.0. The van der Waals surface area contributed by atoms with E-state index in [-0.39, 0.29) is 19.4 Å². The molecule has 3 aromatic rings. The maximum Gasteiger partial charge on any atom is 0.408 e. The zero-order valence-electron chi connectivity index (χ0n) is 33.1. The summed E-state index contributed by atoms with van der Waals surface area (Å²) in [6.07, 6.45) is 5.49. The van der Waals surface area contributed by atoms with Crippen molar-refractivity contribution in [2.75, 3.05) is 6.54 Å². The predicted molar refractivity (Wildman–Crippen MR) is 210 cm³/mol. The number of unbranched alkanes of at least 4 members (excludes halogenated alkanes) is 5. The Morgan fingerprint density at radius 1 is 0.660 bits per heavy atom. The summed E-state index contributed by atoms with van der Waals surface area (Å²) in [5.74, 6) is -1.51. The second-order valence-corrected chi connectivity index (χ2v) is 15.8. The summed E-state index contributed by atoms with van der Waals surface area (Å²) in [6, 6.07) is 23.2. The number of benzene rings is 3. The lowest BCUT2D eigenvalue weighted by molar-refractivity contribution is -0.159. The van der Waals surface area contributed by atoms with Gasteiger partial charge in [0.15, 0.2) is 0 Å². The Labute approximate surface area is 317 Å². The second-order valence-electron chi connectivity index (χ2n) is 15.8. The quantitative estimate of drug-likeness (QED) is 0.100. The lowest BCUT2D eigenvalue weighted by atomic mass is 9.97. The Morgan fingerprint density at radius 2 is 1.21 bits per heavy atom. The van der Waals surface area contributed by atoms with Crippen molar-refractivity contribution in [1.82, 2.24) is 15.5 Å². The molecule has 53 heavy (non-hydrogen) atoms. The van der Waals surface area contributed by atoms with Crippen molar-refractivity contribution in [2.24, 2.45) is 0 Å². The Kier molecular flexibility index (Phi) is 16.6. The van der Waals surface area contributed by atoms with E-state index >= 15 is 4.79 Å². The number of ether oxygens (including phenoxy) is 2. The molecule has 3 atom stereocenters. The minimum atomic E-state index is -1.11. The molecule has 3 aromatic carbocycles. The van der Waals surface area contributed by atoms with Crippen LogP contribution in [0, 0.1) is 6.92 Å². The lowest BCUT2D eigenvalue weighted by Crippen LogP contribution is -2.55. The average Bonchev–Trinajstić information content (AvgIpc) is 3.07. The smallest absolute Gasteiger partial charge is 0.408 e. The molecule has 0 aromatic heterocycles. The molecule has 9 nitrogen and oxygen atoms in total. The molecule has 0 aliphatic heterocycles. The van der Waals surface area contributed by atoms with Gasteiger partial charge in [-0.15, -0.1) is 0 Å². The molecule has 0 aliphatic rings. The number of alkyl carbamates (subject to hydrolysis) is 1. The van der Waals surface area contributed by atoms with Gasteiger partial charge >= 0.3 is 12.1 Å². The second kappa shape index (κ2) is 20.5. The van der Waals surface area contributed by atoms with Crippen molar-refractivity contribution in [3.8, 4) is 0 Å². The van der Waals surface area contributed by atoms with E-state index in [0.29, 0.717) is 12.0 Å². The summed E-state index contributed by atoms with van der Waals surface area (Å²) < 4.78 is 11.4. The van der Waals surface area contributed by atoms with Crippen molar-refractivity contribution in [3.63, 3.8) is 0 Å². The fraction of sp³-hybridized carbons (Fsp3) is 0.500. The zero-order valence-corrected chi connectivity index (χ0v) is 33.1. The number of esters is 1. The van der Waals surface area contributed by atoms with Crippen molar-refractivity contribution < 1.29 is 28.7 Å². The topological polar surface area (TPSA) is 114 Å². The number of aryl methyl sites for hydroxylation is 1. The van der Waals surface area contributed by atoms with Gasteiger partial charge in [0.05, 0.1) is 0 Å². The van der Waals surface area contributed by atoms with Crippen LogP contribution in [0.1, 0.15) is 115 Å². The van der Waals surface area contributed by atoms with Crippen LogP contribution in [0.3, 0.4) is 0 Å². The molecule has 3 unspecified atom stereocenters. The van der Waals surface area contributed by atoms with Gasteiger partial charge in [-0.2, -0.15) is 0 Å². The maximum atomic E-state index is 15.0. The van der Waals surface area contributed by atoms with Crippen LogP contribution < -0.4 is 10.6 Å². The number of nitrogens with one attached hydrogen (secondary N) is 2.